The van der Waals surface area contributed by atoms with E-state index in [0.717, 1.165) is 102 Å². The molecule has 0 aromatic carbocycles. The molecule has 6 atom stereocenters. The van der Waals surface area contributed by atoms with Crippen LogP contribution in [-0.2, 0) is 65.4 Å². The Morgan fingerprint density at radius 2 is 0.505 bits per heavy atom. The van der Waals surface area contributed by atoms with Gasteiger partial charge in [0.1, 0.15) is 19.3 Å². The Balaban J connectivity index is 5.26. The zero-order valence-corrected chi connectivity index (χ0v) is 68.0. The highest BCUT2D eigenvalue weighted by molar-refractivity contribution is 7.47. The van der Waals surface area contributed by atoms with Crippen LogP contribution in [0, 0.1) is 11.8 Å². The van der Waals surface area contributed by atoms with E-state index in [1.807, 2.05) is 0 Å². The van der Waals surface area contributed by atoms with Crippen LogP contribution in [0.3, 0.4) is 0 Å². The summed E-state index contributed by atoms with van der Waals surface area (Å²) in [6.07, 6.45) is 63.6. The van der Waals surface area contributed by atoms with Crippen LogP contribution >= 0.6 is 15.6 Å². The molecule has 0 aliphatic rings. The highest BCUT2D eigenvalue weighted by Gasteiger charge is 2.30. The van der Waals surface area contributed by atoms with Gasteiger partial charge < -0.3 is 33.8 Å². The lowest BCUT2D eigenvalue weighted by atomic mass is 9.99. The number of carbonyl (C=O) groups excluding carboxylic acids is 4. The van der Waals surface area contributed by atoms with E-state index in [2.05, 4.69) is 41.5 Å². The Kier molecular flexibility index (Phi) is 72.2. The molecule has 600 valence electrons. The molecular weight excluding hydrogens is 1320 g/mol. The molecule has 0 amide bonds. The molecule has 0 rings (SSSR count). The number of phosphoric ester groups is 2. The lowest BCUT2D eigenvalue weighted by Crippen LogP contribution is -2.30. The van der Waals surface area contributed by atoms with Crippen molar-refractivity contribution in [3.63, 3.8) is 0 Å². The Morgan fingerprint density at radius 1 is 0.287 bits per heavy atom. The van der Waals surface area contributed by atoms with Crippen molar-refractivity contribution in [3.05, 3.63) is 0 Å². The number of rotatable bonds is 81. The molecule has 0 saturated heterocycles. The van der Waals surface area contributed by atoms with E-state index in [1.54, 1.807) is 0 Å². The maximum absolute atomic E-state index is 13.1. The summed E-state index contributed by atoms with van der Waals surface area (Å²) < 4.78 is 68.8. The number of unbranched alkanes of at least 4 members (excludes halogenated alkanes) is 50. The normalized spacial score (nSPS) is 14.2. The van der Waals surface area contributed by atoms with Gasteiger partial charge in [0.2, 0.25) is 0 Å². The molecule has 0 aromatic rings. The largest absolute Gasteiger partial charge is 0.472 e. The summed E-state index contributed by atoms with van der Waals surface area (Å²) in [7, 11) is -9.92. The number of carbonyl (C=O) groups is 4. The molecule has 3 unspecified atom stereocenters. The van der Waals surface area contributed by atoms with Gasteiger partial charge in [-0.3, -0.25) is 37.3 Å². The van der Waals surface area contributed by atoms with Crippen LogP contribution in [0.4, 0.5) is 0 Å². The average molecular weight is 1480 g/mol. The molecule has 0 aromatic heterocycles. The van der Waals surface area contributed by atoms with Crippen LogP contribution < -0.4 is 0 Å². The minimum atomic E-state index is -4.96. The molecule has 0 fully saturated rings. The van der Waals surface area contributed by atoms with Crippen molar-refractivity contribution in [2.45, 2.75) is 452 Å². The van der Waals surface area contributed by atoms with Crippen LogP contribution in [0.15, 0.2) is 0 Å². The molecule has 101 heavy (non-hydrogen) atoms. The first-order valence-corrected chi connectivity index (χ1v) is 45.5. The summed E-state index contributed by atoms with van der Waals surface area (Å²) in [4.78, 5) is 73.1. The fourth-order valence-electron chi connectivity index (χ4n) is 12.7. The summed E-state index contributed by atoms with van der Waals surface area (Å²) in [5, 5.41) is 10.7. The van der Waals surface area contributed by atoms with E-state index < -0.39 is 97.5 Å². The Bertz CT molecular complexity index is 1940. The maximum atomic E-state index is 13.1. The standard InChI is InChI=1S/C82H160O17P2/c1-7-10-12-14-16-18-20-22-23-24-25-30-34-41-47-53-59-65-80(85)93-70-77(98-81(86)66-60-54-48-42-35-31-27-26-29-32-39-45-51-57-63-75(6)9-3)72-96-100(88,89)94-68-76(83)69-95-101(90,91)97-73-78(99-82(87)67-61-55-49-43-37-36-38-44-50-56-62-74(4)5)71-92-79(84)64-58-52-46-40-33-28-21-19-17-15-13-11-8-2/h74-78,83H,7-73H2,1-6H3,(H,88,89)(H,90,91)/t75?,76-,77-,78-/m1/s1. The van der Waals surface area contributed by atoms with Crippen LogP contribution in [0.5, 0.6) is 0 Å². The second-order valence-corrected chi connectivity index (χ2v) is 33.1. The van der Waals surface area contributed by atoms with Crippen LogP contribution in [0.2, 0.25) is 0 Å². The number of aliphatic hydroxyl groups excluding tert-OH is 1. The lowest BCUT2D eigenvalue weighted by Gasteiger charge is -2.21. The Morgan fingerprint density at radius 3 is 0.752 bits per heavy atom. The van der Waals surface area contributed by atoms with Crippen LogP contribution in [0.1, 0.15) is 433 Å². The highest BCUT2D eigenvalue weighted by Crippen LogP contribution is 2.45. The van der Waals surface area contributed by atoms with E-state index in [0.29, 0.717) is 25.7 Å². The smallest absolute Gasteiger partial charge is 0.462 e. The van der Waals surface area contributed by atoms with Gasteiger partial charge in [-0.2, -0.15) is 0 Å². The third kappa shape index (κ3) is 74.7. The molecule has 19 heteroatoms. The molecule has 3 N–H and O–H groups in total. The molecule has 0 heterocycles. The van der Waals surface area contributed by atoms with E-state index in [4.69, 9.17) is 37.0 Å². The van der Waals surface area contributed by atoms with Crippen molar-refractivity contribution in [2.24, 2.45) is 11.8 Å². The monoisotopic (exact) mass is 1480 g/mol. The molecule has 0 saturated carbocycles. The lowest BCUT2D eigenvalue weighted by molar-refractivity contribution is -0.161. The molecule has 17 nitrogen and oxygen atoms in total. The van der Waals surface area contributed by atoms with Gasteiger partial charge in [0, 0.05) is 25.7 Å². The third-order valence-corrected chi connectivity index (χ3v) is 21.5. The van der Waals surface area contributed by atoms with Crippen molar-refractivity contribution in [1.29, 1.82) is 0 Å². The van der Waals surface area contributed by atoms with Crippen LogP contribution in [-0.4, -0.2) is 96.7 Å². The first-order chi connectivity index (χ1) is 48.9. The quantitative estimate of drug-likeness (QED) is 0.0222. The van der Waals surface area contributed by atoms with Gasteiger partial charge >= 0.3 is 39.5 Å². The highest BCUT2D eigenvalue weighted by atomic mass is 31.2. The van der Waals surface area contributed by atoms with Gasteiger partial charge in [0.15, 0.2) is 12.2 Å². The molecule has 0 radical (unpaired) electrons. The fraction of sp³-hybridized carbons (Fsp3) is 0.951. The SMILES string of the molecule is CCCCCCCCCCCCCCCCCCCC(=O)OC[C@H](COP(=O)(O)OC[C@@H](O)COP(=O)(O)OC[C@@H](COC(=O)CCCCCCCCCCCCCCC)OC(=O)CCCCCCCCCCCCC(C)C)OC(=O)CCCCCCCCCCCCCCCCC(C)CC. The number of ether oxygens (including phenoxy) is 4. The third-order valence-electron chi connectivity index (χ3n) is 19.6. The Hall–Kier alpha value is -1.94. The average Bonchev–Trinajstić information content (AvgIpc) is 1.10. The molecular formula is C82H160O17P2. The molecule has 0 aliphatic carbocycles. The van der Waals surface area contributed by atoms with Crippen molar-refractivity contribution in [1.82, 2.24) is 0 Å². The maximum Gasteiger partial charge on any atom is 0.472 e. The zero-order chi connectivity index (χ0) is 74.2. The van der Waals surface area contributed by atoms with Gasteiger partial charge in [-0.25, -0.2) is 9.13 Å². The van der Waals surface area contributed by atoms with E-state index in [9.17, 15) is 43.2 Å². The number of esters is 4. The summed E-state index contributed by atoms with van der Waals surface area (Å²) >= 11 is 0. The fourth-order valence-corrected chi connectivity index (χ4v) is 14.3. The van der Waals surface area contributed by atoms with Crippen LogP contribution in [0.25, 0.3) is 0 Å². The van der Waals surface area contributed by atoms with E-state index in [-0.39, 0.29) is 25.7 Å². The first kappa shape index (κ1) is 99.1. The van der Waals surface area contributed by atoms with Gasteiger partial charge in [0.05, 0.1) is 26.4 Å². The minimum Gasteiger partial charge on any atom is -0.462 e. The number of hydrogen-bond donors (Lipinski definition) is 3. The van der Waals surface area contributed by atoms with Crippen molar-refractivity contribution in [2.75, 3.05) is 39.6 Å². The van der Waals surface area contributed by atoms with Gasteiger partial charge in [0.25, 0.3) is 0 Å². The Labute approximate surface area is 619 Å². The van der Waals surface area contributed by atoms with E-state index >= 15 is 0 Å². The van der Waals surface area contributed by atoms with Gasteiger partial charge in [-0.1, -0.05) is 382 Å². The number of hydrogen-bond acceptors (Lipinski definition) is 15. The van der Waals surface area contributed by atoms with E-state index in [1.165, 1.54) is 250 Å². The summed E-state index contributed by atoms with van der Waals surface area (Å²) in [5.41, 5.74) is 0. The van der Waals surface area contributed by atoms with Crippen molar-refractivity contribution < 1.29 is 80.2 Å². The van der Waals surface area contributed by atoms with Gasteiger partial charge in [-0.05, 0) is 37.5 Å². The summed E-state index contributed by atoms with van der Waals surface area (Å²) in [6.45, 7) is 9.69. The number of phosphoric acid groups is 2. The summed E-state index contributed by atoms with van der Waals surface area (Å²) in [5.74, 6) is -0.507. The topological polar surface area (TPSA) is 237 Å². The predicted octanol–water partition coefficient (Wildman–Crippen LogP) is 24.7. The molecule has 0 bridgehead atoms. The number of aliphatic hydroxyl groups is 1. The van der Waals surface area contributed by atoms with Crippen molar-refractivity contribution in [3.8, 4) is 0 Å². The first-order valence-electron chi connectivity index (χ1n) is 42.5. The van der Waals surface area contributed by atoms with Crippen molar-refractivity contribution >= 4 is 39.5 Å². The minimum absolute atomic E-state index is 0.107. The summed E-state index contributed by atoms with van der Waals surface area (Å²) in [6, 6.07) is 0. The second kappa shape index (κ2) is 73.6. The zero-order valence-electron chi connectivity index (χ0n) is 66.2. The molecule has 0 spiro atoms. The molecule has 0 aliphatic heterocycles. The van der Waals surface area contributed by atoms with Gasteiger partial charge in [-0.15, -0.1) is 0 Å². The second-order valence-electron chi connectivity index (χ2n) is 30.2. The predicted molar refractivity (Wildman–Crippen MR) is 414 cm³/mol.